The number of carbonyl (C=O) groups is 2. The fourth-order valence-electron chi connectivity index (χ4n) is 2.33. The van der Waals surface area contributed by atoms with Crippen molar-refractivity contribution in [2.45, 2.75) is 6.92 Å². The number of Topliss-reactive ketones (excluding diaryl/α,β-unsaturated/α-hetero) is 1. The Morgan fingerprint density at radius 3 is 3.09 bits per heavy atom. The van der Waals surface area contributed by atoms with Crippen molar-refractivity contribution in [3.63, 3.8) is 0 Å². The molecular formula is C16H15N3O4. The lowest BCUT2D eigenvalue weighted by atomic mass is 10.1. The van der Waals surface area contributed by atoms with Gasteiger partial charge in [-0.05, 0) is 25.1 Å². The summed E-state index contributed by atoms with van der Waals surface area (Å²) in [6.45, 7) is 1.85. The first-order chi connectivity index (χ1) is 11.2. The number of hydrogen-bond acceptors (Lipinski definition) is 6. The predicted molar refractivity (Wildman–Crippen MR) is 82.9 cm³/mol. The highest BCUT2D eigenvalue weighted by Gasteiger charge is 2.36. The lowest BCUT2D eigenvalue weighted by Gasteiger charge is -2.02. The Balaban J connectivity index is 1.97. The van der Waals surface area contributed by atoms with Crippen molar-refractivity contribution in [3.05, 3.63) is 47.3 Å². The third-order valence-corrected chi connectivity index (χ3v) is 3.37. The third-order valence-electron chi connectivity index (χ3n) is 3.37. The number of ether oxygens (including phenoxy) is 2. The highest BCUT2D eigenvalue weighted by atomic mass is 16.5. The molecule has 0 aromatic carbocycles. The number of fused-ring (bicyclic) bond motifs is 1. The van der Waals surface area contributed by atoms with Crippen LogP contribution in [-0.2, 0) is 19.1 Å². The predicted octanol–water partition coefficient (Wildman–Crippen LogP) is 1.50. The number of aromatic amines is 1. The average molecular weight is 313 g/mol. The zero-order valence-electron chi connectivity index (χ0n) is 12.7. The number of ketones is 1. The number of allylic oxidation sites excluding steroid dienone is 1. The highest BCUT2D eigenvalue weighted by Crippen LogP contribution is 2.27. The number of H-pyrrole nitrogens is 1. The molecule has 0 bridgehead atoms. The lowest BCUT2D eigenvalue weighted by Crippen LogP contribution is -2.17. The number of aromatic nitrogens is 2. The van der Waals surface area contributed by atoms with E-state index in [1.807, 2.05) is 6.07 Å². The van der Waals surface area contributed by atoms with E-state index >= 15 is 0 Å². The van der Waals surface area contributed by atoms with Crippen molar-refractivity contribution in [1.82, 2.24) is 15.3 Å². The molecule has 0 saturated heterocycles. The summed E-state index contributed by atoms with van der Waals surface area (Å²) < 4.78 is 10.4. The van der Waals surface area contributed by atoms with Gasteiger partial charge >= 0.3 is 5.97 Å². The molecule has 3 rings (SSSR count). The summed E-state index contributed by atoms with van der Waals surface area (Å²) in [6.07, 6.45) is 4.97. The molecule has 0 saturated carbocycles. The van der Waals surface area contributed by atoms with Gasteiger partial charge < -0.3 is 19.8 Å². The van der Waals surface area contributed by atoms with Crippen LogP contribution in [0.3, 0.4) is 0 Å². The Hall–Kier alpha value is -3.09. The van der Waals surface area contributed by atoms with Crippen molar-refractivity contribution < 1.29 is 19.1 Å². The minimum atomic E-state index is -0.703. The summed E-state index contributed by atoms with van der Waals surface area (Å²) in [5.41, 5.74) is 1.33. The van der Waals surface area contributed by atoms with E-state index in [0.717, 1.165) is 10.9 Å². The van der Waals surface area contributed by atoms with Gasteiger partial charge in [0.2, 0.25) is 11.7 Å². The molecule has 2 aromatic heterocycles. The van der Waals surface area contributed by atoms with Gasteiger partial charge in [0.15, 0.2) is 11.3 Å². The molecule has 1 aliphatic rings. The van der Waals surface area contributed by atoms with E-state index in [2.05, 4.69) is 15.3 Å². The van der Waals surface area contributed by atoms with Crippen molar-refractivity contribution in [2.75, 3.05) is 13.7 Å². The van der Waals surface area contributed by atoms with Gasteiger partial charge in [-0.25, -0.2) is 9.78 Å². The molecule has 0 unspecified atom stereocenters. The molecular weight excluding hydrogens is 298 g/mol. The Bertz CT molecular complexity index is 848. The maximum absolute atomic E-state index is 12.4. The smallest absolute Gasteiger partial charge is 0.347 e. The Kier molecular flexibility index (Phi) is 3.84. The second-order valence-electron chi connectivity index (χ2n) is 4.76. The van der Waals surface area contributed by atoms with Gasteiger partial charge in [-0.1, -0.05) is 0 Å². The molecule has 0 amide bonds. The second-order valence-corrected chi connectivity index (χ2v) is 4.76. The van der Waals surface area contributed by atoms with Crippen molar-refractivity contribution in [2.24, 2.45) is 0 Å². The summed E-state index contributed by atoms with van der Waals surface area (Å²) in [7, 11) is 1.57. The minimum Gasteiger partial charge on any atom is -0.462 e. The maximum atomic E-state index is 12.4. The molecule has 0 fully saturated rings. The third kappa shape index (κ3) is 2.57. The van der Waals surface area contributed by atoms with Crippen molar-refractivity contribution in [1.29, 1.82) is 0 Å². The largest absolute Gasteiger partial charge is 0.462 e. The number of pyridine rings is 1. The molecule has 3 heterocycles. The first-order valence-corrected chi connectivity index (χ1v) is 7.11. The summed E-state index contributed by atoms with van der Waals surface area (Å²) in [5, 5.41) is 3.56. The van der Waals surface area contributed by atoms with E-state index in [-0.39, 0.29) is 23.8 Å². The molecule has 2 aromatic rings. The SMILES string of the molecule is CCOC(=O)C1=C(NC)O/C(=C\c2c[nH]c3ncccc23)C1=O. The van der Waals surface area contributed by atoms with E-state index in [0.29, 0.717) is 5.65 Å². The molecule has 0 atom stereocenters. The van der Waals surface area contributed by atoms with E-state index in [9.17, 15) is 9.59 Å². The summed E-state index contributed by atoms with van der Waals surface area (Å²) in [5.74, 6) is -1.06. The van der Waals surface area contributed by atoms with E-state index in [1.54, 1.807) is 38.5 Å². The zero-order valence-corrected chi connectivity index (χ0v) is 12.7. The zero-order chi connectivity index (χ0) is 16.4. The monoisotopic (exact) mass is 313 g/mol. The number of carbonyl (C=O) groups excluding carboxylic acids is 2. The molecule has 1 aliphatic heterocycles. The lowest BCUT2D eigenvalue weighted by molar-refractivity contribution is -0.139. The van der Waals surface area contributed by atoms with Crippen LogP contribution in [0.1, 0.15) is 12.5 Å². The van der Waals surface area contributed by atoms with Crippen LogP contribution in [0.2, 0.25) is 0 Å². The minimum absolute atomic E-state index is 0.0576. The normalized spacial score (nSPS) is 16.1. The molecule has 7 nitrogen and oxygen atoms in total. The van der Waals surface area contributed by atoms with Gasteiger partial charge in [-0.15, -0.1) is 0 Å². The summed E-state index contributed by atoms with van der Waals surface area (Å²) in [4.78, 5) is 31.6. The van der Waals surface area contributed by atoms with E-state index in [4.69, 9.17) is 9.47 Å². The first-order valence-electron chi connectivity index (χ1n) is 7.11. The van der Waals surface area contributed by atoms with E-state index < -0.39 is 11.8 Å². The standard InChI is InChI=1S/C16H15N3O4/c1-3-22-16(21)12-13(20)11(23-15(12)17-2)7-9-8-19-14-10(9)5-4-6-18-14/h4-8,17H,3H2,1-2H3,(H,18,19)/b11-7-. The van der Waals surface area contributed by atoms with Crippen LogP contribution in [0.25, 0.3) is 17.1 Å². The summed E-state index contributed by atoms with van der Waals surface area (Å²) >= 11 is 0. The molecule has 0 spiro atoms. The topological polar surface area (TPSA) is 93.3 Å². The van der Waals surface area contributed by atoms with Crippen LogP contribution in [0.5, 0.6) is 0 Å². The molecule has 0 radical (unpaired) electrons. The van der Waals surface area contributed by atoms with Gasteiger partial charge in [-0.2, -0.15) is 0 Å². The number of esters is 1. The van der Waals surface area contributed by atoms with Crippen LogP contribution < -0.4 is 5.32 Å². The van der Waals surface area contributed by atoms with Crippen LogP contribution >= 0.6 is 0 Å². The quantitative estimate of drug-likeness (QED) is 0.505. The number of rotatable bonds is 4. The van der Waals surface area contributed by atoms with Gasteiger partial charge in [-0.3, -0.25) is 4.79 Å². The van der Waals surface area contributed by atoms with Gasteiger partial charge in [0.05, 0.1) is 6.61 Å². The molecule has 0 aliphatic carbocycles. The highest BCUT2D eigenvalue weighted by molar-refractivity contribution is 6.26. The van der Waals surface area contributed by atoms with Crippen molar-refractivity contribution >= 4 is 28.9 Å². The number of hydrogen-bond donors (Lipinski definition) is 2. The molecule has 23 heavy (non-hydrogen) atoms. The number of nitrogens with one attached hydrogen (secondary N) is 2. The van der Waals surface area contributed by atoms with E-state index in [1.165, 1.54) is 0 Å². The van der Waals surface area contributed by atoms with Crippen LogP contribution in [0.4, 0.5) is 0 Å². The van der Waals surface area contributed by atoms with Gasteiger partial charge in [0.1, 0.15) is 5.65 Å². The average Bonchev–Trinajstić information content (AvgIpc) is 3.10. The second kappa shape index (κ2) is 5.96. The van der Waals surface area contributed by atoms with Gasteiger partial charge in [0.25, 0.3) is 0 Å². The summed E-state index contributed by atoms with van der Waals surface area (Å²) in [6, 6.07) is 3.68. The van der Waals surface area contributed by atoms with Crippen LogP contribution in [-0.4, -0.2) is 35.4 Å². The fourth-order valence-corrected chi connectivity index (χ4v) is 2.33. The maximum Gasteiger partial charge on any atom is 0.347 e. The molecule has 7 heteroatoms. The van der Waals surface area contributed by atoms with Crippen LogP contribution in [0, 0.1) is 0 Å². The first kappa shape index (κ1) is 14.8. The molecule has 2 N–H and O–H groups in total. The van der Waals surface area contributed by atoms with Crippen LogP contribution in [0.15, 0.2) is 41.7 Å². The van der Waals surface area contributed by atoms with Crippen molar-refractivity contribution in [3.8, 4) is 0 Å². The van der Waals surface area contributed by atoms with Gasteiger partial charge in [0, 0.05) is 30.4 Å². The number of nitrogens with zero attached hydrogens (tertiary/aromatic N) is 1. The fraction of sp³-hybridized carbons (Fsp3) is 0.188. The Morgan fingerprint density at radius 1 is 1.52 bits per heavy atom. The Morgan fingerprint density at radius 2 is 2.35 bits per heavy atom. The Labute approximate surface area is 132 Å². The molecule has 118 valence electrons.